The van der Waals surface area contributed by atoms with Gasteiger partial charge in [0.05, 0.1) is 6.10 Å². The number of carbonyl (C=O) groups is 1. The number of nitrogens with one attached hydrogen (secondary N) is 1. The molecule has 2 aromatic rings. The van der Waals surface area contributed by atoms with Crippen LogP contribution in [0, 0.1) is 5.92 Å². The minimum atomic E-state index is -0.647. The van der Waals surface area contributed by atoms with Crippen LogP contribution in [0.5, 0.6) is 0 Å². The molecule has 2 N–H and O–H groups in total. The van der Waals surface area contributed by atoms with Gasteiger partial charge in [0.1, 0.15) is 0 Å². The summed E-state index contributed by atoms with van der Waals surface area (Å²) in [4.78, 5) is 14.4. The minimum absolute atomic E-state index is 0.00893. The second-order valence-electron chi connectivity index (χ2n) is 9.50. The van der Waals surface area contributed by atoms with Gasteiger partial charge in [0, 0.05) is 41.2 Å². The number of aliphatic hydroxyl groups is 1. The van der Waals surface area contributed by atoms with Gasteiger partial charge in [-0.05, 0) is 55.0 Å². The Balaban J connectivity index is 1.46. The topological polar surface area (TPSA) is 52.6 Å². The van der Waals surface area contributed by atoms with Crippen LogP contribution < -0.4 is 5.32 Å². The number of β-amino-alcohol motifs (C(OH)–C–C–N with tert-alkyl or cyclic N) is 1. The van der Waals surface area contributed by atoms with Gasteiger partial charge >= 0.3 is 0 Å². The molecule has 0 radical (unpaired) electrons. The van der Waals surface area contributed by atoms with E-state index in [4.69, 9.17) is 11.6 Å². The van der Waals surface area contributed by atoms with Gasteiger partial charge in [-0.15, -0.1) is 0 Å². The van der Waals surface area contributed by atoms with Gasteiger partial charge in [0.15, 0.2) is 0 Å². The van der Waals surface area contributed by atoms with Gasteiger partial charge in [-0.2, -0.15) is 0 Å². The van der Waals surface area contributed by atoms with Gasteiger partial charge in [0.25, 0.3) is 0 Å². The Bertz CT molecular complexity index is 913. The predicted octanol–water partition coefficient (Wildman–Crippen LogP) is 4.95. The van der Waals surface area contributed by atoms with Crippen molar-refractivity contribution >= 4 is 23.2 Å². The maximum absolute atomic E-state index is 12.0. The number of fused-ring (bicyclic) bond motifs is 1. The largest absolute Gasteiger partial charge is 0.387 e. The van der Waals surface area contributed by atoms with Crippen LogP contribution >= 0.6 is 11.6 Å². The average molecular weight is 427 g/mol. The summed E-state index contributed by atoms with van der Waals surface area (Å²) in [5, 5.41) is 14.5. The number of halogens is 1. The molecular weight excluding hydrogens is 396 g/mol. The number of likely N-dealkylation sites (tertiary alicyclic amines) is 1. The number of nitrogens with zero attached hydrogens (tertiary/aromatic N) is 1. The summed E-state index contributed by atoms with van der Waals surface area (Å²) in [6.45, 7) is 6.71. The van der Waals surface area contributed by atoms with Crippen LogP contribution in [-0.4, -0.2) is 35.5 Å². The Morgan fingerprint density at radius 2 is 2.03 bits per heavy atom. The van der Waals surface area contributed by atoms with Crippen molar-refractivity contribution < 1.29 is 9.90 Å². The molecule has 2 aliphatic rings. The zero-order valence-corrected chi connectivity index (χ0v) is 18.6. The summed E-state index contributed by atoms with van der Waals surface area (Å²) in [6.07, 6.45) is 3.26. The Hall–Kier alpha value is -1.88. The highest BCUT2D eigenvalue weighted by molar-refractivity contribution is 6.31. The van der Waals surface area contributed by atoms with Crippen molar-refractivity contribution in [3.8, 4) is 0 Å². The third kappa shape index (κ3) is 4.72. The monoisotopic (exact) mass is 426 g/mol. The normalized spacial score (nSPS) is 22.3. The van der Waals surface area contributed by atoms with Crippen molar-refractivity contribution in [3.05, 3.63) is 64.2 Å². The zero-order valence-electron chi connectivity index (χ0n) is 17.8. The van der Waals surface area contributed by atoms with Crippen molar-refractivity contribution in [2.24, 2.45) is 5.92 Å². The summed E-state index contributed by atoms with van der Waals surface area (Å²) in [6, 6.07) is 14.4. The summed E-state index contributed by atoms with van der Waals surface area (Å²) in [5.41, 5.74) is 3.67. The Morgan fingerprint density at radius 1 is 1.27 bits per heavy atom. The molecule has 4 rings (SSSR count). The van der Waals surface area contributed by atoms with Crippen LogP contribution in [0.1, 0.15) is 55.9 Å². The maximum Gasteiger partial charge on any atom is 0.225 e. The summed E-state index contributed by atoms with van der Waals surface area (Å²) < 4.78 is 0. The van der Waals surface area contributed by atoms with Crippen molar-refractivity contribution in [1.29, 1.82) is 0 Å². The Morgan fingerprint density at radius 3 is 2.80 bits per heavy atom. The van der Waals surface area contributed by atoms with Gasteiger partial charge in [-0.1, -0.05) is 55.8 Å². The van der Waals surface area contributed by atoms with E-state index in [1.54, 1.807) is 6.07 Å². The fourth-order valence-corrected chi connectivity index (χ4v) is 5.26. The van der Waals surface area contributed by atoms with E-state index in [1.165, 1.54) is 12.0 Å². The van der Waals surface area contributed by atoms with Gasteiger partial charge in [0.2, 0.25) is 5.91 Å². The first-order valence-electron chi connectivity index (χ1n) is 10.9. The lowest BCUT2D eigenvalue weighted by Crippen LogP contribution is -2.39. The molecule has 30 heavy (non-hydrogen) atoms. The molecule has 2 aromatic carbocycles. The lowest BCUT2D eigenvalue weighted by atomic mass is 9.77. The smallest absolute Gasteiger partial charge is 0.225 e. The number of carbonyl (C=O) groups excluding carboxylic acids is 1. The molecule has 0 aliphatic carbocycles. The molecule has 1 amide bonds. The van der Waals surface area contributed by atoms with E-state index in [9.17, 15) is 9.90 Å². The quantitative estimate of drug-likeness (QED) is 0.711. The molecule has 0 spiro atoms. The number of aliphatic hydroxyl groups excluding tert-OH is 1. The highest BCUT2D eigenvalue weighted by atomic mass is 35.5. The second kappa shape index (κ2) is 8.70. The van der Waals surface area contributed by atoms with Crippen LogP contribution in [0.3, 0.4) is 0 Å². The Kier molecular flexibility index (Phi) is 6.19. The molecule has 1 fully saturated rings. The first-order valence-corrected chi connectivity index (χ1v) is 11.3. The van der Waals surface area contributed by atoms with Crippen LogP contribution in [0.2, 0.25) is 5.02 Å². The molecule has 0 bridgehead atoms. The highest BCUT2D eigenvalue weighted by Gasteiger charge is 2.33. The van der Waals surface area contributed by atoms with Crippen molar-refractivity contribution in [2.75, 3.05) is 25.0 Å². The van der Waals surface area contributed by atoms with Crippen LogP contribution in [0.4, 0.5) is 5.69 Å². The molecule has 2 atom stereocenters. The number of piperidine rings is 1. The van der Waals surface area contributed by atoms with Crippen LogP contribution in [0.15, 0.2) is 42.5 Å². The number of hydrogen-bond acceptors (Lipinski definition) is 3. The number of amides is 1. The van der Waals surface area contributed by atoms with E-state index in [2.05, 4.69) is 54.4 Å². The van der Waals surface area contributed by atoms with Gasteiger partial charge in [-0.25, -0.2) is 0 Å². The third-order valence-electron chi connectivity index (χ3n) is 6.50. The third-order valence-corrected chi connectivity index (χ3v) is 6.83. The van der Waals surface area contributed by atoms with E-state index in [-0.39, 0.29) is 11.3 Å². The maximum atomic E-state index is 12.0. The molecule has 2 heterocycles. The molecule has 0 saturated carbocycles. The predicted molar refractivity (Wildman–Crippen MR) is 122 cm³/mol. The standard InChI is InChI=1S/C25H31ClN2O2/c1-25(2)14-24(30)27-22-13-21(26)19(12-20(22)25)23(29)16-28-10-6-9-18(15-28)11-17-7-4-3-5-8-17/h3-5,7-8,12-13,18,23,29H,6,9-11,14-16H2,1-2H3,(H,27,30)/t18-,23?/m1/s1. The van der Waals surface area contributed by atoms with Gasteiger partial charge in [-0.3, -0.25) is 4.79 Å². The number of benzene rings is 2. The highest BCUT2D eigenvalue weighted by Crippen LogP contribution is 2.41. The molecule has 1 saturated heterocycles. The van der Waals surface area contributed by atoms with Crippen LogP contribution in [-0.2, 0) is 16.6 Å². The van der Waals surface area contributed by atoms with E-state index in [0.717, 1.165) is 42.7 Å². The number of hydrogen-bond donors (Lipinski definition) is 2. The molecule has 2 aliphatic heterocycles. The van der Waals surface area contributed by atoms with Crippen molar-refractivity contribution in [1.82, 2.24) is 4.90 Å². The Labute approximate surface area is 184 Å². The van der Waals surface area contributed by atoms with Gasteiger partial charge < -0.3 is 15.3 Å². The number of anilines is 1. The molecule has 4 nitrogen and oxygen atoms in total. The molecule has 0 aromatic heterocycles. The minimum Gasteiger partial charge on any atom is -0.387 e. The summed E-state index contributed by atoms with van der Waals surface area (Å²) >= 11 is 6.52. The molecule has 5 heteroatoms. The SMILES string of the molecule is CC1(C)CC(=O)Nc2cc(Cl)c(C(O)CN3CCC[C@H](Cc4ccccc4)C3)cc21. The van der Waals surface area contributed by atoms with E-state index >= 15 is 0 Å². The number of rotatable bonds is 5. The summed E-state index contributed by atoms with van der Waals surface area (Å²) in [5.74, 6) is 0.621. The van der Waals surface area contributed by atoms with Crippen LogP contribution in [0.25, 0.3) is 0 Å². The molecule has 1 unspecified atom stereocenters. The lowest BCUT2D eigenvalue weighted by molar-refractivity contribution is -0.117. The zero-order chi connectivity index (χ0) is 21.3. The fourth-order valence-electron chi connectivity index (χ4n) is 4.97. The fraction of sp³-hybridized carbons (Fsp3) is 0.480. The van der Waals surface area contributed by atoms with E-state index in [0.29, 0.717) is 23.9 Å². The molecule has 160 valence electrons. The molecular formula is C25H31ClN2O2. The first-order chi connectivity index (χ1) is 14.3. The second-order valence-corrected chi connectivity index (χ2v) is 9.91. The summed E-state index contributed by atoms with van der Waals surface area (Å²) in [7, 11) is 0. The van der Waals surface area contributed by atoms with E-state index < -0.39 is 6.10 Å². The van der Waals surface area contributed by atoms with Crippen molar-refractivity contribution in [2.45, 2.75) is 51.0 Å². The average Bonchev–Trinajstić information content (AvgIpc) is 2.67. The lowest BCUT2D eigenvalue weighted by Gasteiger charge is -2.35. The first kappa shape index (κ1) is 21.4. The van der Waals surface area contributed by atoms with Crippen molar-refractivity contribution in [3.63, 3.8) is 0 Å². The van der Waals surface area contributed by atoms with E-state index in [1.807, 2.05) is 6.07 Å².